The minimum atomic E-state index is -1.12. The van der Waals surface area contributed by atoms with E-state index in [-0.39, 0.29) is 25.3 Å². The predicted octanol–water partition coefficient (Wildman–Crippen LogP) is 1.75. The second kappa shape index (κ2) is 8.32. The molecule has 0 fully saturated rings. The van der Waals surface area contributed by atoms with Gasteiger partial charge in [0.25, 0.3) is 0 Å². The summed E-state index contributed by atoms with van der Waals surface area (Å²) in [6.45, 7) is 12.3. The van der Waals surface area contributed by atoms with Gasteiger partial charge in [0.15, 0.2) is 0 Å². The van der Waals surface area contributed by atoms with Gasteiger partial charge in [0.2, 0.25) is 5.96 Å². The van der Waals surface area contributed by atoms with Crippen LogP contribution in [-0.4, -0.2) is 40.9 Å². The van der Waals surface area contributed by atoms with Crippen LogP contribution in [0.1, 0.15) is 61.3 Å². The smallest absolute Gasteiger partial charge is 0.312 e. The number of aliphatic imine (C=N–C) groups is 1. The molecule has 0 radical (unpaired) electrons. The number of carbonyl (C=O) groups is 2. The van der Waals surface area contributed by atoms with Crippen molar-refractivity contribution in [2.24, 2.45) is 16.1 Å². The zero-order valence-electron chi connectivity index (χ0n) is 15.7. The van der Waals surface area contributed by atoms with Gasteiger partial charge in [-0.2, -0.15) is 0 Å². The summed E-state index contributed by atoms with van der Waals surface area (Å²) in [7, 11) is 0. The highest BCUT2D eigenvalue weighted by Gasteiger charge is 2.40. The van der Waals surface area contributed by atoms with Crippen LogP contribution in [0.3, 0.4) is 0 Å². The van der Waals surface area contributed by atoms with Gasteiger partial charge in [-0.15, -0.1) is 0 Å². The molecule has 0 heterocycles. The highest BCUT2D eigenvalue weighted by Crippen LogP contribution is 2.31. The van der Waals surface area contributed by atoms with E-state index in [1.807, 2.05) is 0 Å². The third kappa shape index (κ3) is 9.34. The Morgan fingerprint density at radius 2 is 1.54 bits per heavy atom. The zero-order chi connectivity index (χ0) is 19.2. The van der Waals surface area contributed by atoms with Crippen molar-refractivity contribution in [2.75, 3.05) is 6.54 Å². The first-order valence-corrected chi connectivity index (χ1v) is 7.84. The Kier molecular flexibility index (Phi) is 7.69. The lowest BCUT2D eigenvalue weighted by molar-refractivity contribution is -0.174. The Hall–Kier alpha value is -1.83. The average molecular weight is 345 g/mol. The Bertz CT molecular complexity index is 477. The van der Waals surface area contributed by atoms with Crippen molar-refractivity contribution in [1.82, 2.24) is 5.48 Å². The summed E-state index contributed by atoms with van der Waals surface area (Å²) in [5, 5.41) is 8.63. The molecule has 0 aliphatic heterocycles. The molecular formula is C16H31N3O5. The Balaban J connectivity index is 5.19. The van der Waals surface area contributed by atoms with E-state index in [0.717, 1.165) is 0 Å². The lowest BCUT2D eigenvalue weighted by atomic mass is 9.83. The van der Waals surface area contributed by atoms with Crippen LogP contribution in [0.15, 0.2) is 4.99 Å². The lowest BCUT2D eigenvalue weighted by Gasteiger charge is -2.31. The fourth-order valence-corrected chi connectivity index (χ4v) is 1.82. The molecule has 24 heavy (non-hydrogen) atoms. The molecule has 0 bridgehead atoms. The molecule has 0 aromatic heterocycles. The van der Waals surface area contributed by atoms with E-state index in [0.29, 0.717) is 0 Å². The Morgan fingerprint density at radius 1 is 1.04 bits per heavy atom. The van der Waals surface area contributed by atoms with Crippen LogP contribution in [-0.2, 0) is 19.1 Å². The highest BCUT2D eigenvalue weighted by atomic mass is 16.6. The first-order chi connectivity index (χ1) is 10.7. The fourth-order valence-electron chi connectivity index (χ4n) is 1.82. The minimum Gasteiger partial charge on any atom is -0.460 e. The van der Waals surface area contributed by atoms with Gasteiger partial charge in [0, 0.05) is 6.54 Å². The molecule has 8 nitrogen and oxygen atoms in total. The maximum absolute atomic E-state index is 12.6. The van der Waals surface area contributed by atoms with Crippen molar-refractivity contribution in [3.63, 3.8) is 0 Å². The molecule has 8 heteroatoms. The quantitative estimate of drug-likeness (QED) is 0.290. The van der Waals surface area contributed by atoms with E-state index < -0.39 is 28.6 Å². The van der Waals surface area contributed by atoms with Crippen molar-refractivity contribution in [2.45, 2.75) is 72.5 Å². The van der Waals surface area contributed by atoms with Crippen molar-refractivity contribution in [3.05, 3.63) is 0 Å². The molecule has 1 atom stereocenters. The van der Waals surface area contributed by atoms with E-state index in [2.05, 4.69) is 4.99 Å². The first kappa shape index (κ1) is 22.2. The highest BCUT2D eigenvalue weighted by molar-refractivity contribution is 5.83. The summed E-state index contributed by atoms with van der Waals surface area (Å²) in [6, 6.07) is 0. The summed E-state index contributed by atoms with van der Waals surface area (Å²) in [6.07, 6.45) is 0.0741. The predicted molar refractivity (Wildman–Crippen MR) is 90.4 cm³/mol. The molecule has 0 rings (SSSR count). The largest absolute Gasteiger partial charge is 0.460 e. The maximum Gasteiger partial charge on any atom is 0.312 e. The Morgan fingerprint density at radius 3 is 1.96 bits per heavy atom. The van der Waals surface area contributed by atoms with Gasteiger partial charge >= 0.3 is 11.9 Å². The number of hydrogen-bond donors (Lipinski definition) is 3. The molecule has 0 aliphatic rings. The molecule has 0 aromatic carbocycles. The Labute approximate surface area is 143 Å². The third-order valence-corrected chi connectivity index (χ3v) is 2.91. The molecule has 0 amide bonds. The molecule has 0 spiro atoms. The number of nitrogens with one attached hydrogen (secondary N) is 1. The topological polar surface area (TPSA) is 123 Å². The summed E-state index contributed by atoms with van der Waals surface area (Å²) in [5.74, 6) is -1.17. The van der Waals surface area contributed by atoms with Crippen LogP contribution in [0.5, 0.6) is 0 Å². The van der Waals surface area contributed by atoms with Crippen molar-refractivity contribution in [3.8, 4) is 0 Å². The summed E-state index contributed by atoms with van der Waals surface area (Å²) >= 11 is 0. The van der Waals surface area contributed by atoms with Crippen LogP contribution >= 0.6 is 0 Å². The van der Waals surface area contributed by atoms with Gasteiger partial charge in [0.05, 0.1) is 11.8 Å². The van der Waals surface area contributed by atoms with Gasteiger partial charge in [-0.05, 0) is 54.9 Å². The summed E-state index contributed by atoms with van der Waals surface area (Å²) < 4.78 is 10.7. The second-order valence-corrected chi connectivity index (χ2v) is 7.95. The van der Waals surface area contributed by atoms with Gasteiger partial charge in [-0.1, -0.05) is 0 Å². The van der Waals surface area contributed by atoms with Gasteiger partial charge in [-0.3, -0.25) is 19.8 Å². The van der Waals surface area contributed by atoms with E-state index in [9.17, 15) is 9.59 Å². The number of carbonyl (C=O) groups excluding carboxylic acids is 2. The number of nitrogens with two attached hydrogens (primary N) is 1. The molecule has 4 N–H and O–H groups in total. The standard InChI is InChI=1S/C16H31N3O5/c1-14(2,3)23-11(20)10-16(7,8-9-18-13(17)19-22)12(21)24-15(4,5)6/h22H,8-10H2,1-7H3,(H3,17,18,19). The molecule has 0 saturated carbocycles. The number of hydrogen-bond acceptors (Lipinski definition) is 6. The van der Waals surface area contributed by atoms with Crippen LogP contribution < -0.4 is 11.2 Å². The van der Waals surface area contributed by atoms with Gasteiger partial charge in [-0.25, -0.2) is 5.48 Å². The number of guanidine groups is 1. The molecule has 0 saturated heterocycles. The van der Waals surface area contributed by atoms with E-state index in [1.54, 1.807) is 53.9 Å². The van der Waals surface area contributed by atoms with Gasteiger partial charge in [0.1, 0.15) is 11.2 Å². The number of ether oxygens (including phenoxy) is 2. The number of hydroxylamine groups is 1. The van der Waals surface area contributed by atoms with Crippen LogP contribution in [0.4, 0.5) is 0 Å². The monoisotopic (exact) mass is 345 g/mol. The van der Waals surface area contributed by atoms with Crippen molar-refractivity contribution < 1.29 is 24.3 Å². The van der Waals surface area contributed by atoms with Crippen molar-refractivity contribution in [1.29, 1.82) is 0 Å². The van der Waals surface area contributed by atoms with E-state index in [4.69, 9.17) is 20.4 Å². The third-order valence-electron chi connectivity index (χ3n) is 2.91. The van der Waals surface area contributed by atoms with Crippen LogP contribution in [0, 0.1) is 5.41 Å². The van der Waals surface area contributed by atoms with Crippen LogP contribution in [0.2, 0.25) is 0 Å². The van der Waals surface area contributed by atoms with Gasteiger partial charge < -0.3 is 15.2 Å². The zero-order valence-corrected chi connectivity index (χ0v) is 15.7. The molecule has 1 unspecified atom stereocenters. The first-order valence-electron chi connectivity index (χ1n) is 7.84. The molecule has 0 aliphatic carbocycles. The molecule has 0 aromatic rings. The maximum atomic E-state index is 12.6. The van der Waals surface area contributed by atoms with E-state index in [1.165, 1.54) is 0 Å². The number of nitrogens with zero attached hydrogens (tertiary/aromatic N) is 1. The molecule has 140 valence electrons. The average Bonchev–Trinajstić information content (AvgIpc) is 2.33. The number of rotatable bonds is 6. The van der Waals surface area contributed by atoms with Crippen molar-refractivity contribution >= 4 is 17.9 Å². The lowest BCUT2D eigenvalue weighted by Crippen LogP contribution is -2.39. The molecular weight excluding hydrogens is 314 g/mol. The summed E-state index contributed by atoms with van der Waals surface area (Å²) in [4.78, 5) is 28.6. The van der Waals surface area contributed by atoms with E-state index >= 15 is 0 Å². The summed E-state index contributed by atoms with van der Waals surface area (Å²) in [5.41, 5.74) is 4.62. The van der Waals surface area contributed by atoms with Crippen LogP contribution in [0.25, 0.3) is 0 Å². The SMILES string of the molecule is CC(C)(C)OC(=O)CC(C)(CCN=C(N)NO)C(=O)OC(C)(C)C. The fraction of sp³-hybridized carbons (Fsp3) is 0.812. The minimum absolute atomic E-state index is 0.137. The number of esters is 2. The second-order valence-electron chi connectivity index (χ2n) is 7.95. The normalized spacial score (nSPS) is 15.4.